The van der Waals surface area contributed by atoms with Crippen LogP contribution in [0, 0.1) is 0 Å². The van der Waals surface area contributed by atoms with Crippen LogP contribution in [0.25, 0.3) is 10.9 Å². The summed E-state index contributed by atoms with van der Waals surface area (Å²) >= 11 is 0. The van der Waals surface area contributed by atoms with Crippen molar-refractivity contribution in [3.05, 3.63) is 89.4 Å². The minimum atomic E-state index is -0.0690. The highest BCUT2D eigenvalue weighted by Gasteiger charge is 2.29. The Hall–Kier alpha value is -3.67. The predicted octanol–water partition coefficient (Wildman–Crippen LogP) is 4.00. The van der Waals surface area contributed by atoms with Crippen LogP contribution in [-0.2, 0) is 13.0 Å². The zero-order chi connectivity index (χ0) is 21.5. The molecule has 0 unspecified atom stereocenters. The van der Waals surface area contributed by atoms with Gasteiger partial charge in [-0.15, -0.1) is 0 Å². The van der Waals surface area contributed by atoms with Crippen molar-refractivity contribution < 1.29 is 9.59 Å². The van der Waals surface area contributed by atoms with E-state index in [2.05, 4.69) is 29.5 Å². The van der Waals surface area contributed by atoms with Crippen molar-refractivity contribution in [3.63, 3.8) is 0 Å². The van der Waals surface area contributed by atoms with Crippen LogP contribution < -0.4 is 5.32 Å². The fourth-order valence-electron chi connectivity index (χ4n) is 4.28. The first-order valence-electron chi connectivity index (χ1n) is 10.5. The summed E-state index contributed by atoms with van der Waals surface area (Å²) in [6.45, 7) is 4.76. The van der Waals surface area contributed by atoms with E-state index in [0.29, 0.717) is 24.2 Å². The van der Waals surface area contributed by atoms with Gasteiger partial charge in [0.25, 0.3) is 5.91 Å². The molecule has 1 amide bonds. The average Bonchev–Trinajstić information content (AvgIpc) is 3.37. The summed E-state index contributed by atoms with van der Waals surface area (Å²) in [7, 11) is 0. The Labute approximate surface area is 180 Å². The third-order valence-electron chi connectivity index (χ3n) is 6.12. The Morgan fingerprint density at radius 3 is 2.68 bits per heavy atom. The molecule has 0 aliphatic carbocycles. The van der Waals surface area contributed by atoms with Crippen LogP contribution in [-0.4, -0.2) is 32.1 Å². The molecule has 156 valence electrons. The second-order valence-corrected chi connectivity index (χ2v) is 8.31. The van der Waals surface area contributed by atoms with Gasteiger partial charge in [-0.05, 0) is 37.1 Å². The first kappa shape index (κ1) is 19.3. The second kappa shape index (κ2) is 7.54. The number of hydrogen-bond acceptors (Lipinski definition) is 3. The maximum atomic E-state index is 13.0. The number of aromatic nitrogens is 3. The summed E-state index contributed by atoms with van der Waals surface area (Å²) in [5.74, 6) is -0.0295. The van der Waals surface area contributed by atoms with Gasteiger partial charge in [-0.1, -0.05) is 42.5 Å². The van der Waals surface area contributed by atoms with Crippen LogP contribution >= 0.6 is 0 Å². The van der Waals surface area contributed by atoms with Gasteiger partial charge >= 0.3 is 0 Å². The van der Waals surface area contributed by atoms with Crippen molar-refractivity contribution in [2.24, 2.45) is 0 Å². The first-order chi connectivity index (χ1) is 15.0. The van der Waals surface area contributed by atoms with Crippen LogP contribution in [0.2, 0.25) is 0 Å². The van der Waals surface area contributed by atoms with E-state index < -0.39 is 0 Å². The van der Waals surface area contributed by atoms with E-state index in [4.69, 9.17) is 0 Å². The normalized spacial score (nSPS) is 18.1. The number of hydrogen-bond donors (Lipinski definition) is 1. The third kappa shape index (κ3) is 3.54. The number of carbonyl (C=O) groups is 2. The van der Waals surface area contributed by atoms with Gasteiger partial charge in [0.2, 0.25) is 0 Å². The fourth-order valence-corrected chi connectivity index (χ4v) is 4.28. The number of fused-ring (bicyclic) bond motifs is 3. The summed E-state index contributed by atoms with van der Waals surface area (Å²) in [5.41, 5.74) is 4.27. The third-order valence-corrected chi connectivity index (χ3v) is 6.12. The smallest absolute Gasteiger partial charge is 0.268 e. The average molecular weight is 412 g/mol. The number of rotatable bonds is 5. The van der Waals surface area contributed by atoms with Gasteiger partial charge < -0.3 is 9.88 Å². The first-order valence-corrected chi connectivity index (χ1v) is 10.5. The number of Topliss-reactive ketones (excluding diaryl/α,β-unsaturated/α-hetero) is 1. The molecule has 2 aromatic heterocycles. The summed E-state index contributed by atoms with van der Waals surface area (Å²) in [6.07, 6.45) is 3.98. The van der Waals surface area contributed by atoms with Crippen molar-refractivity contribution in [3.8, 4) is 0 Å². The molecule has 5 rings (SSSR count). The molecule has 0 radical (unpaired) electrons. The Morgan fingerprint density at radius 1 is 1.06 bits per heavy atom. The van der Waals surface area contributed by atoms with Crippen LogP contribution in [0.5, 0.6) is 0 Å². The molecule has 2 aromatic carbocycles. The second-order valence-electron chi connectivity index (χ2n) is 8.31. The number of amides is 1. The molecule has 2 atom stereocenters. The maximum Gasteiger partial charge on any atom is 0.268 e. The summed E-state index contributed by atoms with van der Waals surface area (Å²) in [6, 6.07) is 17.8. The molecular formula is C25H24N4O2. The van der Waals surface area contributed by atoms with E-state index in [-0.39, 0.29) is 23.8 Å². The quantitative estimate of drug-likeness (QED) is 0.504. The van der Waals surface area contributed by atoms with Crippen molar-refractivity contribution in [2.45, 2.75) is 38.9 Å². The van der Waals surface area contributed by atoms with Crippen LogP contribution in [0.4, 0.5) is 0 Å². The van der Waals surface area contributed by atoms with Crippen LogP contribution in [0.15, 0.2) is 67.0 Å². The summed E-state index contributed by atoms with van der Waals surface area (Å²) in [4.78, 5) is 25.4. The molecule has 1 aliphatic heterocycles. The van der Waals surface area contributed by atoms with Crippen molar-refractivity contribution in [2.75, 3.05) is 0 Å². The van der Waals surface area contributed by atoms with Crippen molar-refractivity contribution in [1.82, 2.24) is 19.7 Å². The van der Waals surface area contributed by atoms with Crippen molar-refractivity contribution >= 4 is 22.6 Å². The zero-order valence-corrected chi connectivity index (χ0v) is 17.6. The highest BCUT2D eigenvalue weighted by Crippen LogP contribution is 2.30. The SMILES string of the molecule is C[C@H]1NC(=O)c2cc3ccc(C(=O)Cc4cnn(Cc5ccccc5)c4)cc3n2[C@H]1C. The molecule has 0 fully saturated rings. The fraction of sp³-hybridized carbons (Fsp3) is 0.240. The largest absolute Gasteiger partial charge is 0.346 e. The van der Waals surface area contributed by atoms with E-state index in [9.17, 15) is 9.59 Å². The van der Waals surface area contributed by atoms with Gasteiger partial charge in [-0.3, -0.25) is 14.3 Å². The summed E-state index contributed by atoms with van der Waals surface area (Å²) < 4.78 is 3.90. The summed E-state index contributed by atoms with van der Waals surface area (Å²) in [5, 5.41) is 8.37. The highest BCUT2D eigenvalue weighted by atomic mass is 16.2. The van der Waals surface area contributed by atoms with Crippen LogP contribution in [0.1, 0.15) is 51.9 Å². The number of nitrogens with one attached hydrogen (secondary N) is 1. The van der Waals surface area contributed by atoms with Crippen LogP contribution in [0.3, 0.4) is 0 Å². The van der Waals surface area contributed by atoms with Gasteiger partial charge in [-0.25, -0.2) is 0 Å². The highest BCUT2D eigenvalue weighted by molar-refractivity contribution is 6.03. The Morgan fingerprint density at radius 2 is 1.87 bits per heavy atom. The van der Waals surface area contributed by atoms with Crippen molar-refractivity contribution in [1.29, 1.82) is 0 Å². The lowest BCUT2D eigenvalue weighted by Gasteiger charge is -2.30. The lowest BCUT2D eigenvalue weighted by molar-refractivity contribution is 0.0891. The Balaban J connectivity index is 1.39. The number of ketones is 1. The maximum absolute atomic E-state index is 13.0. The standard InChI is InChI=1S/C25H24N4O2/c1-16-17(2)29-22-12-21(9-8-20(22)11-23(29)25(31)27-16)24(30)10-19-13-26-28(15-19)14-18-6-4-3-5-7-18/h3-9,11-13,15-17H,10,14H2,1-2H3,(H,27,31)/t16-,17+/m1/s1. The van der Waals surface area contributed by atoms with Gasteiger partial charge in [0, 0.05) is 35.1 Å². The predicted molar refractivity (Wildman–Crippen MR) is 119 cm³/mol. The van der Waals surface area contributed by atoms with E-state index in [0.717, 1.165) is 16.5 Å². The topological polar surface area (TPSA) is 68.9 Å². The zero-order valence-electron chi connectivity index (χ0n) is 17.6. The molecule has 3 heterocycles. The Kier molecular flexibility index (Phi) is 4.70. The number of carbonyl (C=O) groups excluding carboxylic acids is 2. The molecule has 0 bridgehead atoms. The minimum absolute atomic E-state index is 0.0328. The molecule has 1 N–H and O–H groups in total. The molecule has 6 heteroatoms. The van der Waals surface area contributed by atoms with Gasteiger partial charge in [-0.2, -0.15) is 5.10 Å². The Bertz CT molecular complexity index is 1290. The molecule has 31 heavy (non-hydrogen) atoms. The molecule has 1 aliphatic rings. The molecular weight excluding hydrogens is 388 g/mol. The monoisotopic (exact) mass is 412 g/mol. The van der Waals surface area contributed by atoms with Gasteiger partial charge in [0.05, 0.1) is 18.8 Å². The molecule has 4 aromatic rings. The van der Waals surface area contributed by atoms with Gasteiger partial charge in [0.15, 0.2) is 5.78 Å². The molecule has 0 saturated heterocycles. The molecule has 0 saturated carbocycles. The van der Waals surface area contributed by atoms with E-state index in [1.165, 1.54) is 5.56 Å². The number of benzene rings is 2. The lowest BCUT2D eigenvalue weighted by atomic mass is 10.0. The van der Waals surface area contributed by atoms with E-state index in [1.54, 1.807) is 6.20 Å². The van der Waals surface area contributed by atoms with Gasteiger partial charge in [0.1, 0.15) is 5.69 Å². The molecule has 0 spiro atoms. The minimum Gasteiger partial charge on any atom is -0.346 e. The molecule has 6 nitrogen and oxygen atoms in total. The number of nitrogens with zero attached hydrogens (tertiary/aromatic N) is 3. The lowest BCUT2D eigenvalue weighted by Crippen LogP contribution is -2.44. The van der Waals surface area contributed by atoms with E-state index >= 15 is 0 Å². The van der Waals surface area contributed by atoms with E-state index in [1.807, 2.05) is 64.8 Å².